The van der Waals surface area contributed by atoms with Gasteiger partial charge in [0, 0.05) is 28.0 Å². The second-order valence-electron chi connectivity index (χ2n) is 5.95. The summed E-state index contributed by atoms with van der Waals surface area (Å²) in [6.07, 6.45) is 2.65. The molecule has 1 aliphatic rings. The Morgan fingerprint density at radius 2 is 1.88 bits per heavy atom. The third-order valence-electron chi connectivity index (χ3n) is 4.22. The van der Waals surface area contributed by atoms with Crippen LogP contribution in [0.15, 0.2) is 65.4 Å². The van der Waals surface area contributed by atoms with Gasteiger partial charge in [0.25, 0.3) is 0 Å². The number of nitrogens with zero attached hydrogens (tertiary/aromatic N) is 3. The molecule has 2 heterocycles. The number of halogens is 1. The lowest BCUT2D eigenvalue weighted by molar-refractivity contribution is 0.749. The predicted molar refractivity (Wildman–Crippen MR) is 101 cm³/mol. The standard InChI is InChI=1S/C19H17BrN4/c1-13-10-14-4-2-3-5-17(14)24(13)19-11-18(21-12-22-19)23-16-8-6-15(20)7-9-16/h2-9,11-13H,10H2,1H3,(H,21,22,23). The number of benzene rings is 2. The summed E-state index contributed by atoms with van der Waals surface area (Å²) in [5.74, 6) is 1.71. The Bertz CT molecular complexity index is 863. The molecule has 4 nitrogen and oxygen atoms in total. The van der Waals surface area contributed by atoms with Gasteiger partial charge in [-0.25, -0.2) is 9.97 Å². The van der Waals surface area contributed by atoms with Crippen LogP contribution in [0.2, 0.25) is 0 Å². The van der Waals surface area contributed by atoms with Crippen molar-refractivity contribution in [2.24, 2.45) is 0 Å². The Kier molecular flexibility index (Phi) is 3.94. The van der Waals surface area contributed by atoms with Crippen molar-refractivity contribution in [1.82, 2.24) is 9.97 Å². The zero-order valence-corrected chi connectivity index (χ0v) is 14.9. The minimum Gasteiger partial charge on any atom is -0.340 e. The molecule has 120 valence electrons. The van der Waals surface area contributed by atoms with Crippen molar-refractivity contribution in [3.05, 3.63) is 71.0 Å². The maximum absolute atomic E-state index is 4.49. The fourth-order valence-electron chi connectivity index (χ4n) is 3.14. The summed E-state index contributed by atoms with van der Waals surface area (Å²) in [6, 6.07) is 18.9. The monoisotopic (exact) mass is 380 g/mol. The molecule has 24 heavy (non-hydrogen) atoms. The molecule has 0 aliphatic carbocycles. The number of hydrogen-bond acceptors (Lipinski definition) is 4. The van der Waals surface area contributed by atoms with E-state index in [1.54, 1.807) is 6.33 Å². The number of anilines is 4. The van der Waals surface area contributed by atoms with Gasteiger partial charge in [-0.05, 0) is 49.2 Å². The van der Waals surface area contributed by atoms with E-state index in [1.807, 2.05) is 30.3 Å². The van der Waals surface area contributed by atoms with Gasteiger partial charge in [0.1, 0.15) is 18.0 Å². The normalized spacial score (nSPS) is 16.1. The number of fused-ring (bicyclic) bond motifs is 1. The van der Waals surface area contributed by atoms with Crippen LogP contribution in [0.5, 0.6) is 0 Å². The summed E-state index contributed by atoms with van der Waals surface area (Å²) < 4.78 is 1.05. The van der Waals surface area contributed by atoms with Crippen LogP contribution in [0, 0.1) is 0 Å². The zero-order chi connectivity index (χ0) is 16.5. The molecule has 0 saturated carbocycles. The molecule has 1 unspecified atom stereocenters. The SMILES string of the molecule is CC1Cc2ccccc2N1c1cc(Nc2ccc(Br)cc2)ncn1. The lowest BCUT2D eigenvalue weighted by Gasteiger charge is -2.24. The maximum Gasteiger partial charge on any atom is 0.138 e. The quantitative estimate of drug-likeness (QED) is 0.688. The molecule has 1 atom stereocenters. The number of nitrogens with one attached hydrogen (secondary N) is 1. The van der Waals surface area contributed by atoms with E-state index in [9.17, 15) is 0 Å². The van der Waals surface area contributed by atoms with Crippen LogP contribution in [0.1, 0.15) is 12.5 Å². The Labute approximate surface area is 149 Å². The molecule has 2 aromatic carbocycles. The third kappa shape index (κ3) is 2.87. The van der Waals surface area contributed by atoms with Gasteiger partial charge in [0.05, 0.1) is 0 Å². The average Bonchev–Trinajstić information content (AvgIpc) is 2.93. The highest BCUT2D eigenvalue weighted by Gasteiger charge is 2.27. The minimum absolute atomic E-state index is 0.387. The van der Waals surface area contributed by atoms with Crippen molar-refractivity contribution in [2.75, 3.05) is 10.2 Å². The molecule has 5 heteroatoms. The van der Waals surface area contributed by atoms with Crippen molar-refractivity contribution in [2.45, 2.75) is 19.4 Å². The van der Waals surface area contributed by atoms with Gasteiger partial charge >= 0.3 is 0 Å². The molecular weight excluding hydrogens is 364 g/mol. The number of rotatable bonds is 3. The Hall–Kier alpha value is -2.40. The smallest absolute Gasteiger partial charge is 0.138 e. The van der Waals surface area contributed by atoms with Crippen molar-refractivity contribution in [3.8, 4) is 0 Å². The molecular formula is C19H17BrN4. The van der Waals surface area contributed by atoms with Gasteiger partial charge in [0.15, 0.2) is 0 Å². The van der Waals surface area contributed by atoms with Crippen molar-refractivity contribution in [1.29, 1.82) is 0 Å². The second kappa shape index (κ2) is 6.24. The highest BCUT2D eigenvalue weighted by molar-refractivity contribution is 9.10. The van der Waals surface area contributed by atoms with E-state index in [0.29, 0.717) is 6.04 Å². The summed E-state index contributed by atoms with van der Waals surface area (Å²) in [5, 5.41) is 3.34. The van der Waals surface area contributed by atoms with E-state index < -0.39 is 0 Å². The van der Waals surface area contributed by atoms with Crippen LogP contribution in [-0.4, -0.2) is 16.0 Å². The number of hydrogen-bond donors (Lipinski definition) is 1. The van der Waals surface area contributed by atoms with E-state index in [4.69, 9.17) is 0 Å². The average molecular weight is 381 g/mol. The highest BCUT2D eigenvalue weighted by Crippen LogP contribution is 2.37. The third-order valence-corrected chi connectivity index (χ3v) is 4.75. The number of para-hydroxylation sites is 1. The highest BCUT2D eigenvalue weighted by atomic mass is 79.9. The fourth-order valence-corrected chi connectivity index (χ4v) is 3.41. The van der Waals surface area contributed by atoms with Crippen LogP contribution in [0.25, 0.3) is 0 Å². The zero-order valence-electron chi connectivity index (χ0n) is 13.3. The van der Waals surface area contributed by atoms with Crippen LogP contribution < -0.4 is 10.2 Å². The van der Waals surface area contributed by atoms with Gasteiger partial charge in [-0.2, -0.15) is 0 Å². The van der Waals surface area contributed by atoms with Gasteiger partial charge < -0.3 is 10.2 Å². The Balaban J connectivity index is 1.64. The lowest BCUT2D eigenvalue weighted by atomic mass is 10.1. The fraction of sp³-hybridized carbons (Fsp3) is 0.158. The molecule has 3 aromatic rings. The van der Waals surface area contributed by atoms with E-state index in [0.717, 1.165) is 28.2 Å². The van der Waals surface area contributed by atoms with Gasteiger partial charge in [-0.1, -0.05) is 34.1 Å². The first-order valence-electron chi connectivity index (χ1n) is 7.92. The van der Waals surface area contributed by atoms with E-state index >= 15 is 0 Å². The molecule has 1 aromatic heterocycles. The lowest BCUT2D eigenvalue weighted by Crippen LogP contribution is -2.24. The molecule has 0 saturated heterocycles. The maximum atomic E-state index is 4.49. The van der Waals surface area contributed by atoms with Crippen LogP contribution in [0.4, 0.5) is 23.0 Å². The predicted octanol–water partition coefficient (Wildman–Crippen LogP) is 5.07. The van der Waals surface area contributed by atoms with Crippen LogP contribution in [-0.2, 0) is 6.42 Å². The summed E-state index contributed by atoms with van der Waals surface area (Å²) >= 11 is 3.45. The summed E-state index contributed by atoms with van der Waals surface area (Å²) in [7, 11) is 0. The molecule has 0 fully saturated rings. The van der Waals surface area contributed by atoms with E-state index in [1.165, 1.54) is 11.3 Å². The van der Waals surface area contributed by atoms with Crippen LogP contribution >= 0.6 is 15.9 Å². The molecule has 0 radical (unpaired) electrons. The molecule has 0 amide bonds. The molecule has 1 aliphatic heterocycles. The molecule has 4 rings (SSSR count). The number of aromatic nitrogens is 2. The first kappa shape index (κ1) is 15.1. The Morgan fingerprint density at radius 1 is 1.08 bits per heavy atom. The van der Waals surface area contributed by atoms with Gasteiger partial charge in [-0.15, -0.1) is 0 Å². The van der Waals surface area contributed by atoms with E-state index in [-0.39, 0.29) is 0 Å². The Morgan fingerprint density at radius 3 is 2.71 bits per heavy atom. The summed E-state index contributed by atoms with van der Waals surface area (Å²) in [6.45, 7) is 2.23. The van der Waals surface area contributed by atoms with Crippen molar-refractivity contribution in [3.63, 3.8) is 0 Å². The summed E-state index contributed by atoms with van der Waals surface area (Å²) in [5.41, 5.74) is 3.60. The second-order valence-corrected chi connectivity index (χ2v) is 6.86. The van der Waals surface area contributed by atoms with Crippen molar-refractivity contribution >= 4 is 38.9 Å². The first-order valence-corrected chi connectivity index (χ1v) is 8.72. The topological polar surface area (TPSA) is 41.0 Å². The molecule has 0 spiro atoms. The largest absolute Gasteiger partial charge is 0.340 e. The summed E-state index contributed by atoms with van der Waals surface area (Å²) in [4.78, 5) is 11.1. The van der Waals surface area contributed by atoms with Crippen molar-refractivity contribution < 1.29 is 0 Å². The van der Waals surface area contributed by atoms with Gasteiger partial charge in [0.2, 0.25) is 0 Å². The first-order chi connectivity index (χ1) is 11.7. The molecule has 0 bridgehead atoms. The van der Waals surface area contributed by atoms with Gasteiger partial charge in [-0.3, -0.25) is 0 Å². The minimum atomic E-state index is 0.387. The molecule has 1 N–H and O–H groups in total. The van der Waals surface area contributed by atoms with Crippen LogP contribution in [0.3, 0.4) is 0 Å². The van der Waals surface area contributed by atoms with E-state index in [2.05, 4.69) is 67.3 Å².